The molecule has 0 atom stereocenters. The van der Waals surface area contributed by atoms with Crippen LogP contribution in [0.3, 0.4) is 0 Å². The molecular weight excluding hydrogens is 222 g/mol. The first-order valence-corrected chi connectivity index (χ1v) is 4.76. The highest BCUT2D eigenvalue weighted by molar-refractivity contribution is 6.30. The predicted octanol–water partition coefficient (Wildman–Crippen LogP) is -0.102. The Bertz CT molecular complexity index is 361. The van der Waals surface area contributed by atoms with E-state index in [0.29, 0.717) is 5.56 Å². The summed E-state index contributed by atoms with van der Waals surface area (Å²) in [5, 5.41) is 17.7. The number of H-pyrrole nitrogens is 1. The van der Waals surface area contributed by atoms with Crippen LogP contribution in [0.25, 0.3) is 0 Å². The van der Waals surface area contributed by atoms with Crippen molar-refractivity contribution in [1.82, 2.24) is 4.98 Å². The minimum atomic E-state index is -0.631. The summed E-state index contributed by atoms with van der Waals surface area (Å²) in [6, 6.07) is 2.87. The largest absolute Gasteiger partial charge is 0.394 e. The summed E-state index contributed by atoms with van der Waals surface area (Å²) in [7, 11) is 0. The first-order chi connectivity index (χ1) is 7.17. The minimum Gasteiger partial charge on any atom is -0.394 e. The third-order valence-corrected chi connectivity index (χ3v) is 2.17. The molecule has 5 nitrogen and oxygen atoms in total. The number of halogens is 1. The van der Waals surface area contributed by atoms with Gasteiger partial charge in [-0.05, 0) is 6.07 Å². The molecule has 0 fully saturated rings. The van der Waals surface area contributed by atoms with Crippen molar-refractivity contribution in [3.8, 4) is 0 Å². The predicted molar refractivity (Wildman–Crippen MR) is 54.8 cm³/mol. The molecule has 0 saturated heterocycles. The number of rotatable bonds is 5. The lowest BCUT2D eigenvalue weighted by Gasteiger charge is -2.12. The number of hydrogen-bond acceptors (Lipinski definition) is 4. The van der Waals surface area contributed by atoms with Crippen LogP contribution < -0.4 is 5.56 Å². The van der Waals surface area contributed by atoms with Crippen molar-refractivity contribution < 1.29 is 14.9 Å². The van der Waals surface area contributed by atoms with Crippen LogP contribution >= 0.6 is 11.6 Å². The number of nitrogens with one attached hydrogen (secondary N) is 1. The maximum absolute atomic E-state index is 10.8. The number of pyridine rings is 1. The second-order valence-electron chi connectivity index (χ2n) is 2.96. The minimum absolute atomic E-state index is 0.126. The molecule has 6 heteroatoms. The highest BCUT2D eigenvalue weighted by atomic mass is 35.5. The number of hydrogen-bond donors (Lipinski definition) is 3. The Labute approximate surface area is 91.3 Å². The third kappa shape index (κ3) is 3.64. The quantitative estimate of drug-likeness (QED) is 0.620. The lowest BCUT2D eigenvalue weighted by atomic mass is 10.3. The molecule has 0 amide bonds. The smallest absolute Gasteiger partial charge is 0.249 e. The van der Waals surface area contributed by atoms with Gasteiger partial charge in [-0.15, -0.1) is 0 Å². The van der Waals surface area contributed by atoms with Gasteiger partial charge >= 0.3 is 0 Å². The van der Waals surface area contributed by atoms with E-state index in [9.17, 15) is 4.79 Å². The summed E-state index contributed by atoms with van der Waals surface area (Å²) in [5.74, 6) is 0. The van der Waals surface area contributed by atoms with Crippen molar-refractivity contribution in [1.29, 1.82) is 0 Å². The fourth-order valence-electron chi connectivity index (χ4n) is 0.962. The van der Waals surface area contributed by atoms with E-state index in [2.05, 4.69) is 4.98 Å². The Morgan fingerprint density at radius 1 is 1.40 bits per heavy atom. The van der Waals surface area contributed by atoms with E-state index >= 15 is 0 Å². The van der Waals surface area contributed by atoms with Gasteiger partial charge in [0.25, 0.3) is 0 Å². The van der Waals surface area contributed by atoms with E-state index in [1.165, 1.54) is 12.1 Å². The van der Waals surface area contributed by atoms with Crippen molar-refractivity contribution in [3.05, 3.63) is 33.2 Å². The van der Waals surface area contributed by atoms with Gasteiger partial charge in [-0.1, -0.05) is 11.6 Å². The summed E-state index contributed by atoms with van der Waals surface area (Å²) in [4.78, 5) is 13.2. The van der Waals surface area contributed by atoms with Crippen molar-refractivity contribution in [2.24, 2.45) is 0 Å². The maximum Gasteiger partial charge on any atom is 0.249 e. The highest BCUT2D eigenvalue weighted by Gasteiger charge is 2.07. The summed E-state index contributed by atoms with van der Waals surface area (Å²) in [6.45, 7) is -0.406. The fraction of sp³-hybridized carbons (Fsp3) is 0.444. The lowest BCUT2D eigenvalue weighted by molar-refractivity contribution is -0.0285. The fourth-order valence-corrected chi connectivity index (χ4v) is 1.17. The van der Waals surface area contributed by atoms with Gasteiger partial charge in [0.2, 0.25) is 5.56 Å². The molecule has 0 bridgehead atoms. The summed E-state index contributed by atoms with van der Waals surface area (Å²) in [6.07, 6.45) is -0.631. The second kappa shape index (κ2) is 5.87. The van der Waals surface area contributed by atoms with E-state index in [1.54, 1.807) is 0 Å². The van der Waals surface area contributed by atoms with Crippen LogP contribution in [0.1, 0.15) is 5.56 Å². The van der Waals surface area contributed by atoms with E-state index in [4.69, 9.17) is 26.6 Å². The SMILES string of the molecule is O=c1ccc(COC(CO)CO)c(Cl)[nH]1. The van der Waals surface area contributed by atoms with Gasteiger partial charge in [0.05, 0.1) is 19.8 Å². The number of aromatic nitrogens is 1. The van der Waals surface area contributed by atoms with Crippen LogP contribution in [-0.2, 0) is 11.3 Å². The standard InChI is InChI=1S/C9H12ClNO4/c10-9-6(1-2-8(14)11-9)5-15-7(3-12)4-13/h1-2,7,12-13H,3-5H2,(H,11,14). The zero-order chi connectivity index (χ0) is 11.3. The monoisotopic (exact) mass is 233 g/mol. The summed E-state index contributed by atoms with van der Waals surface area (Å²) < 4.78 is 5.14. The molecule has 1 aromatic rings. The molecule has 15 heavy (non-hydrogen) atoms. The summed E-state index contributed by atoms with van der Waals surface area (Å²) in [5.41, 5.74) is 0.313. The first-order valence-electron chi connectivity index (χ1n) is 4.38. The Hall–Kier alpha value is -0.880. The number of aromatic amines is 1. The van der Waals surface area contributed by atoms with E-state index < -0.39 is 6.10 Å². The molecule has 0 aliphatic carbocycles. The topological polar surface area (TPSA) is 82.6 Å². The van der Waals surface area contributed by atoms with Gasteiger partial charge in [-0.3, -0.25) is 4.79 Å². The molecule has 0 unspecified atom stereocenters. The highest BCUT2D eigenvalue weighted by Crippen LogP contribution is 2.11. The second-order valence-corrected chi connectivity index (χ2v) is 3.34. The van der Waals surface area contributed by atoms with E-state index in [0.717, 1.165) is 0 Å². The van der Waals surface area contributed by atoms with Gasteiger partial charge in [-0.25, -0.2) is 0 Å². The normalized spacial score (nSPS) is 10.9. The molecule has 0 aliphatic heterocycles. The van der Waals surface area contributed by atoms with Crippen LogP contribution in [0.5, 0.6) is 0 Å². The molecule has 0 spiro atoms. The number of ether oxygens (including phenoxy) is 1. The van der Waals surface area contributed by atoms with Crippen LogP contribution in [0, 0.1) is 0 Å². The zero-order valence-corrected chi connectivity index (χ0v) is 8.70. The molecule has 0 radical (unpaired) electrons. The van der Waals surface area contributed by atoms with Gasteiger partial charge in [-0.2, -0.15) is 0 Å². The lowest BCUT2D eigenvalue weighted by Crippen LogP contribution is -2.22. The molecule has 84 valence electrons. The number of aliphatic hydroxyl groups is 2. The molecule has 1 rings (SSSR count). The Morgan fingerprint density at radius 2 is 2.07 bits per heavy atom. The van der Waals surface area contributed by atoms with Gasteiger partial charge in [0, 0.05) is 11.6 Å². The van der Waals surface area contributed by atoms with E-state index in [-0.39, 0.29) is 30.5 Å². The average Bonchev–Trinajstić information content (AvgIpc) is 2.22. The first kappa shape index (κ1) is 12.2. The Kier molecular flexibility index (Phi) is 4.77. The Balaban J connectivity index is 2.61. The van der Waals surface area contributed by atoms with Crippen molar-refractivity contribution in [3.63, 3.8) is 0 Å². The Morgan fingerprint density at radius 3 is 2.60 bits per heavy atom. The van der Waals surface area contributed by atoms with Crippen molar-refractivity contribution in [2.75, 3.05) is 13.2 Å². The molecule has 1 aromatic heterocycles. The zero-order valence-electron chi connectivity index (χ0n) is 7.94. The third-order valence-electron chi connectivity index (χ3n) is 1.83. The molecule has 3 N–H and O–H groups in total. The molecule has 1 heterocycles. The van der Waals surface area contributed by atoms with Crippen molar-refractivity contribution in [2.45, 2.75) is 12.7 Å². The van der Waals surface area contributed by atoms with E-state index in [1.807, 2.05) is 0 Å². The number of aliphatic hydroxyl groups excluding tert-OH is 2. The van der Waals surface area contributed by atoms with Crippen LogP contribution in [0.2, 0.25) is 5.15 Å². The maximum atomic E-state index is 10.8. The molecular formula is C9H12ClNO4. The van der Waals surface area contributed by atoms with Crippen LogP contribution in [-0.4, -0.2) is 34.5 Å². The van der Waals surface area contributed by atoms with Gasteiger partial charge in [0.15, 0.2) is 0 Å². The van der Waals surface area contributed by atoms with Gasteiger partial charge < -0.3 is 19.9 Å². The summed E-state index contributed by atoms with van der Waals surface area (Å²) >= 11 is 5.74. The molecule has 0 aliphatic rings. The molecule has 0 aromatic carbocycles. The van der Waals surface area contributed by atoms with Crippen molar-refractivity contribution >= 4 is 11.6 Å². The average molecular weight is 234 g/mol. The van der Waals surface area contributed by atoms with Crippen LogP contribution in [0.4, 0.5) is 0 Å². The molecule has 0 saturated carbocycles. The van der Waals surface area contributed by atoms with Gasteiger partial charge in [0.1, 0.15) is 11.3 Å². The van der Waals surface area contributed by atoms with Crippen LogP contribution in [0.15, 0.2) is 16.9 Å².